The summed E-state index contributed by atoms with van der Waals surface area (Å²) < 4.78 is 10.4. The second kappa shape index (κ2) is 5.90. The van der Waals surface area contributed by atoms with Crippen LogP contribution in [0.15, 0.2) is 30.3 Å². The Morgan fingerprint density at radius 3 is 2.74 bits per heavy atom. The summed E-state index contributed by atoms with van der Waals surface area (Å²) >= 11 is 0. The zero-order valence-electron chi connectivity index (χ0n) is 11.3. The van der Waals surface area contributed by atoms with Crippen LogP contribution in [-0.4, -0.2) is 24.3 Å². The van der Waals surface area contributed by atoms with Crippen LogP contribution in [0.25, 0.3) is 0 Å². The summed E-state index contributed by atoms with van der Waals surface area (Å²) in [4.78, 5) is 11.1. The third kappa shape index (κ3) is 4.76. The standard InChI is InChI=1S/C16H18O3/c1-13(17)19-15(10-11-16(2)12-18-16)9-8-14-6-4-3-5-7-14/h3-7,15H,8-9,12H2,1-2H3. The van der Waals surface area contributed by atoms with Crippen LogP contribution in [0.2, 0.25) is 0 Å². The Morgan fingerprint density at radius 1 is 1.47 bits per heavy atom. The molecule has 0 spiro atoms. The van der Waals surface area contributed by atoms with Gasteiger partial charge in [0.2, 0.25) is 0 Å². The SMILES string of the molecule is CC(=O)OC(C#CC1(C)CO1)CCc1ccccc1. The van der Waals surface area contributed by atoms with Crippen LogP contribution in [0, 0.1) is 11.8 Å². The van der Waals surface area contributed by atoms with Crippen molar-refractivity contribution in [2.24, 2.45) is 0 Å². The molecule has 0 aliphatic carbocycles. The number of carbonyl (C=O) groups excluding carboxylic acids is 1. The van der Waals surface area contributed by atoms with Crippen LogP contribution in [0.1, 0.15) is 25.8 Å². The maximum absolute atomic E-state index is 11.1. The summed E-state index contributed by atoms with van der Waals surface area (Å²) in [6.07, 6.45) is 1.18. The van der Waals surface area contributed by atoms with Crippen LogP contribution in [0.5, 0.6) is 0 Å². The molecule has 1 aromatic rings. The summed E-state index contributed by atoms with van der Waals surface area (Å²) in [7, 11) is 0. The van der Waals surface area contributed by atoms with E-state index in [9.17, 15) is 4.79 Å². The van der Waals surface area contributed by atoms with Gasteiger partial charge in [0.25, 0.3) is 0 Å². The van der Waals surface area contributed by atoms with Crippen molar-refractivity contribution in [3.8, 4) is 11.8 Å². The summed E-state index contributed by atoms with van der Waals surface area (Å²) in [5.74, 6) is 5.73. The lowest BCUT2D eigenvalue weighted by Gasteiger charge is -2.11. The molecule has 0 amide bonds. The fourth-order valence-corrected chi connectivity index (χ4v) is 1.72. The molecule has 0 saturated carbocycles. The van der Waals surface area contributed by atoms with E-state index in [1.807, 2.05) is 25.1 Å². The van der Waals surface area contributed by atoms with Gasteiger partial charge < -0.3 is 9.47 Å². The number of esters is 1. The van der Waals surface area contributed by atoms with Gasteiger partial charge in [-0.25, -0.2) is 0 Å². The average Bonchev–Trinajstić information content (AvgIpc) is 3.12. The van der Waals surface area contributed by atoms with Gasteiger partial charge in [-0.1, -0.05) is 42.2 Å². The van der Waals surface area contributed by atoms with Gasteiger partial charge in [0.1, 0.15) is 5.60 Å². The van der Waals surface area contributed by atoms with E-state index in [0.717, 1.165) is 6.42 Å². The van der Waals surface area contributed by atoms with Gasteiger partial charge in [0.15, 0.2) is 6.10 Å². The molecule has 0 bridgehead atoms. The van der Waals surface area contributed by atoms with Gasteiger partial charge in [0.05, 0.1) is 6.61 Å². The second-order valence-corrected chi connectivity index (χ2v) is 4.91. The topological polar surface area (TPSA) is 38.8 Å². The molecular formula is C16H18O3. The minimum Gasteiger partial charge on any atom is -0.449 e. The third-order valence-corrected chi connectivity index (χ3v) is 2.92. The van der Waals surface area contributed by atoms with E-state index in [1.165, 1.54) is 12.5 Å². The second-order valence-electron chi connectivity index (χ2n) is 4.91. The number of aryl methyl sites for hydroxylation is 1. The zero-order chi connectivity index (χ0) is 13.7. The van der Waals surface area contributed by atoms with E-state index in [2.05, 4.69) is 24.0 Å². The first-order valence-corrected chi connectivity index (χ1v) is 6.45. The van der Waals surface area contributed by atoms with Crippen molar-refractivity contribution in [2.45, 2.75) is 38.4 Å². The number of rotatable bonds is 4. The van der Waals surface area contributed by atoms with E-state index >= 15 is 0 Å². The number of carbonyl (C=O) groups is 1. The molecule has 1 saturated heterocycles. The van der Waals surface area contributed by atoms with Crippen LogP contribution in [-0.2, 0) is 20.7 Å². The highest BCUT2D eigenvalue weighted by Gasteiger charge is 2.37. The van der Waals surface area contributed by atoms with Gasteiger partial charge in [0, 0.05) is 6.92 Å². The first-order valence-electron chi connectivity index (χ1n) is 6.45. The molecule has 1 aromatic carbocycles. The Bertz CT molecular complexity index is 492. The maximum Gasteiger partial charge on any atom is 0.303 e. The number of hydrogen-bond donors (Lipinski definition) is 0. The minimum atomic E-state index is -0.362. The quantitative estimate of drug-likeness (QED) is 0.473. The first kappa shape index (κ1) is 13.6. The van der Waals surface area contributed by atoms with Crippen LogP contribution in [0.3, 0.4) is 0 Å². The van der Waals surface area contributed by atoms with Crippen molar-refractivity contribution in [3.05, 3.63) is 35.9 Å². The van der Waals surface area contributed by atoms with Gasteiger partial charge >= 0.3 is 5.97 Å². The summed E-state index contributed by atoms with van der Waals surface area (Å²) in [6.45, 7) is 4.00. The van der Waals surface area contributed by atoms with E-state index < -0.39 is 0 Å². The van der Waals surface area contributed by atoms with Crippen molar-refractivity contribution in [3.63, 3.8) is 0 Å². The molecule has 1 aliphatic rings. The largest absolute Gasteiger partial charge is 0.449 e. The lowest BCUT2D eigenvalue weighted by Crippen LogP contribution is -2.16. The third-order valence-electron chi connectivity index (χ3n) is 2.92. The molecule has 2 rings (SSSR count). The maximum atomic E-state index is 11.1. The number of epoxide rings is 1. The fourth-order valence-electron chi connectivity index (χ4n) is 1.72. The molecule has 3 heteroatoms. The Labute approximate surface area is 113 Å². The predicted octanol–water partition coefficient (Wildman–Crippen LogP) is 2.34. The fraction of sp³-hybridized carbons (Fsp3) is 0.438. The number of ether oxygens (including phenoxy) is 2. The Balaban J connectivity index is 1.93. The van der Waals surface area contributed by atoms with E-state index in [0.29, 0.717) is 13.0 Å². The van der Waals surface area contributed by atoms with Crippen LogP contribution >= 0.6 is 0 Å². The van der Waals surface area contributed by atoms with Crippen molar-refractivity contribution < 1.29 is 14.3 Å². The molecule has 1 fully saturated rings. The minimum absolute atomic E-state index is 0.297. The Kier molecular flexibility index (Phi) is 4.24. The molecule has 19 heavy (non-hydrogen) atoms. The zero-order valence-corrected chi connectivity index (χ0v) is 11.3. The van der Waals surface area contributed by atoms with E-state index in [1.54, 1.807) is 0 Å². The predicted molar refractivity (Wildman–Crippen MR) is 72.5 cm³/mol. The molecule has 0 aromatic heterocycles. The Morgan fingerprint density at radius 2 is 2.16 bits per heavy atom. The van der Waals surface area contributed by atoms with Crippen LogP contribution in [0.4, 0.5) is 0 Å². The smallest absolute Gasteiger partial charge is 0.303 e. The summed E-state index contributed by atoms with van der Waals surface area (Å²) in [6, 6.07) is 10.1. The molecule has 0 N–H and O–H groups in total. The van der Waals surface area contributed by atoms with Gasteiger partial charge in [-0.05, 0) is 25.3 Å². The molecule has 3 nitrogen and oxygen atoms in total. The van der Waals surface area contributed by atoms with Crippen molar-refractivity contribution in [2.75, 3.05) is 6.61 Å². The highest BCUT2D eigenvalue weighted by Crippen LogP contribution is 2.24. The van der Waals surface area contributed by atoms with E-state index in [4.69, 9.17) is 9.47 Å². The van der Waals surface area contributed by atoms with Crippen molar-refractivity contribution in [1.82, 2.24) is 0 Å². The van der Waals surface area contributed by atoms with Crippen LogP contribution < -0.4 is 0 Å². The van der Waals surface area contributed by atoms with Gasteiger partial charge in [-0.3, -0.25) is 4.79 Å². The number of hydrogen-bond acceptors (Lipinski definition) is 3. The van der Waals surface area contributed by atoms with E-state index in [-0.39, 0.29) is 17.7 Å². The highest BCUT2D eigenvalue weighted by atomic mass is 16.6. The highest BCUT2D eigenvalue weighted by molar-refractivity contribution is 5.66. The average molecular weight is 258 g/mol. The molecule has 2 unspecified atom stereocenters. The molecule has 1 heterocycles. The first-order chi connectivity index (χ1) is 9.07. The van der Waals surface area contributed by atoms with Gasteiger partial charge in [-0.15, -0.1) is 0 Å². The normalized spacial score (nSPS) is 22.0. The molecule has 2 atom stereocenters. The molecule has 0 radical (unpaired) electrons. The summed E-state index contributed by atoms with van der Waals surface area (Å²) in [5, 5.41) is 0. The van der Waals surface area contributed by atoms with Crippen molar-refractivity contribution >= 4 is 5.97 Å². The summed E-state index contributed by atoms with van der Waals surface area (Å²) in [5.41, 5.74) is 0.890. The lowest BCUT2D eigenvalue weighted by molar-refractivity contribution is -0.143. The monoisotopic (exact) mass is 258 g/mol. The molecule has 100 valence electrons. The Hall–Kier alpha value is -1.79. The van der Waals surface area contributed by atoms with Gasteiger partial charge in [-0.2, -0.15) is 0 Å². The molecular weight excluding hydrogens is 240 g/mol. The number of benzene rings is 1. The lowest BCUT2D eigenvalue weighted by atomic mass is 10.1. The van der Waals surface area contributed by atoms with Crippen molar-refractivity contribution in [1.29, 1.82) is 0 Å². The molecule has 1 aliphatic heterocycles.